The number of hydrogen-bond donors (Lipinski definition) is 0. The lowest BCUT2D eigenvalue weighted by molar-refractivity contribution is -0.107. The molecule has 2 heteroatoms. The molecule has 1 atom stereocenters. The second-order valence-electron chi connectivity index (χ2n) is 3.74. The highest BCUT2D eigenvalue weighted by Gasteiger charge is 2.11. The van der Waals surface area contributed by atoms with Crippen molar-refractivity contribution in [2.45, 2.75) is 36.3 Å². The highest BCUT2D eigenvalue weighted by atomic mass is 32.2. The molecule has 0 amide bonds. The van der Waals surface area contributed by atoms with E-state index in [0.717, 1.165) is 6.29 Å². The molecule has 0 radical (unpaired) electrons. The Morgan fingerprint density at radius 1 is 1.36 bits per heavy atom. The maximum Gasteiger partial charge on any atom is 0.133 e. The number of thioether (sulfide) groups is 1. The van der Waals surface area contributed by atoms with Crippen LogP contribution >= 0.6 is 11.8 Å². The topological polar surface area (TPSA) is 17.1 Å². The van der Waals surface area contributed by atoms with E-state index in [-0.39, 0.29) is 5.25 Å². The molecule has 1 aliphatic rings. The third-order valence-electron chi connectivity index (χ3n) is 2.58. The number of rotatable bonds is 3. The Morgan fingerprint density at radius 3 is 2.93 bits per heavy atom. The Morgan fingerprint density at radius 2 is 2.14 bits per heavy atom. The van der Waals surface area contributed by atoms with Gasteiger partial charge in [-0.15, -0.1) is 11.8 Å². The van der Waals surface area contributed by atoms with Crippen molar-refractivity contribution in [3.8, 4) is 0 Å². The molecule has 0 fully saturated rings. The Bertz CT molecular complexity index is 346. The minimum Gasteiger partial charge on any atom is -0.302 e. The van der Waals surface area contributed by atoms with E-state index in [4.69, 9.17) is 0 Å². The second kappa shape index (κ2) is 4.18. The number of fused-ring (bicyclic) bond motifs is 1. The van der Waals surface area contributed by atoms with E-state index >= 15 is 0 Å². The molecule has 0 N–H and O–H groups in total. The molecule has 0 aromatic heterocycles. The first-order chi connectivity index (χ1) is 6.79. The van der Waals surface area contributed by atoms with Crippen LogP contribution in [0.2, 0.25) is 0 Å². The number of hydrogen-bond acceptors (Lipinski definition) is 2. The second-order valence-corrected chi connectivity index (χ2v) is 5.19. The Kier molecular flexibility index (Phi) is 2.92. The highest BCUT2D eigenvalue weighted by molar-refractivity contribution is 8.00. The number of carbonyl (C=O) groups excluding carboxylic acids is 1. The van der Waals surface area contributed by atoms with Gasteiger partial charge >= 0.3 is 0 Å². The first kappa shape index (κ1) is 9.78. The van der Waals surface area contributed by atoms with Crippen molar-refractivity contribution in [1.29, 1.82) is 0 Å². The summed E-state index contributed by atoms with van der Waals surface area (Å²) in [5.41, 5.74) is 2.97. The zero-order valence-electron chi connectivity index (χ0n) is 8.32. The molecule has 1 aromatic carbocycles. The van der Waals surface area contributed by atoms with Crippen molar-refractivity contribution in [1.82, 2.24) is 0 Å². The van der Waals surface area contributed by atoms with Crippen LogP contribution in [0.4, 0.5) is 0 Å². The molecule has 0 aliphatic heterocycles. The Balaban J connectivity index is 2.16. The van der Waals surface area contributed by atoms with Gasteiger partial charge in [0.15, 0.2) is 0 Å². The molecule has 0 saturated heterocycles. The molecule has 14 heavy (non-hydrogen) atoms. The summed E-state index contributed by atoms with van der Waals surface area (Å²) in [7, 11) is 0. The van der Waals surface area contributed by atoms with Gasteiger partial charge in [0.05, 0.1) is 5.25 Å². The number of aldehydes is 1. The van der Waals surface area contributed by atoms with E-state index < -0.39 is 0 Å². The van der Waals surface area contributed by atoms with Gasteiger partial charge in [-0.2, -0.15) is 0 Å². The third-order valence-corrected chi connectivity index (χ3v) is 3.59. The van der Waals surface area contributed by atoms with Gasteiger partial charge in [-0.05, 0) is 49.4 Å². The fourth-order valence-corrected chi connectivity index (χ4v) is 2.71. The molecule has 1 nitrogen and oxygen atoms in total. The molecule has 0 spiro atoms. The van der Waals surface area contributed by atoms with Gasteiger partial charge in [-0.25, -0.2) is 0 Å². The van der Waals surface area contributed by atoms with Crippen molar-refractivity contribution in [3.05, 3.63) is 29.3 Å². The third kappa shape index (κ3) is 2.01. The summed E-state index contributed by atoms with van der Waals surface area (Å²) in [6.07, 6.45) is 4.72. The largest absolute Gasteiger partial charge is 0.302 e. The lowest BCUT2D eigenvalue weighted by atomic mass is 10.1. The van der Waals surface area contributed by atoms with Gasteiger partial charge in [0.2, 0.25) is 0 Å². The van der Waals surface area contributed by atoms with Gasteiger partial charge in [-0.3, -0.25) is 0 Å². The lowest BCUT2D eigenvalue weighted by Crippen LogP contribution is -1.96. The molecule has 0 heterocycles. The van der Waals surface area contributed by atoms with E-state index in [1.54, 1.807) is 11.8 Å². The summed E-state index contributed by atoms with van der Waals surface area (Å²) in [5, 5.41) is 0.0643. The number of aryl methyl sites for hydroxylation is 2. The first-order valence-electron chi connectivity index (χ1n) is 5.03. The SMILES string of the molecule is CC(C=O)Sc1ccc2c(c1)CCC2. The van der Waals surface area contributed by atoms with Crippen LogP contribution in [0.3, 0.4) is 0 Å². The van der Waals surface area contributed by atoms with Crippen LogP contribution in [0.15, 0.2) is 23.1 Å². The smallest absolute Gasteiger partial charge is 0.133 e. The number of benzene rings is 1. The zero-order valence-corrected chi connectivity index (χ0v) is 9.14. The molecule has 1 unspecified atom stereocenters. The van der Waals surface area contributed by atoms with Crippen molar-refractivity contribution < 1.29 is 4.79 Å². The quantitative estimate of drug-likeness (QED) is 0.559. The van der Waals surface area contributed by atoms with Crippen LogP contribution in [-0.4, -0.2) is 11.5 Å². The normalized spacial score (nSPS) is 16.4. The monoisotopic (exact) mass is 206 g/mol. The van der Waals surface area contributed by atoms with Crippen LogP contribution in [0.1, 0.15) is 24.5 Å². The standard InChI is InChI=1S/C12H14OS/c1-9(8-13)14-12-6-5-10-3-2-4-11(10)7-12/h5-9H,2-4H2,1H3. The molecule has 2 rings (SSSR count). The fourth-order valence-electron chi connectivity index (χ4n) is 1.86. The van der Waals surface area contributed by atoms with Gasteiger partial charge in [0, 0.05) is 4.90 Å². The van der Waals surface area contributed by atoms with Crippen LogP contribution in [-0.2, 0) is 17.6 Å². The van der Waals surface area contributed by atoms with Gasteiger partial charge in [-0.1, -0.05) is 6.07 Å². The minimum absolute atomic E-state index is 0.0643. The molecule has 1 aliphatic carbocycles. The highest BCUT2D eigenvalue weighted by Crippen LogP contribution is 2.29. The van der Waals surface area contributed by atoms with Crippen LogP contribution in [0, 0.1) is 0 Å². The van der Waals surface area contributed by atoms with Crippen LogP contribution < -0.4 is 0 Å². The molecular weight excluding hydrogens is 192 g/mol. The average molecular weight is 206 g/mol. The van der Waals surface area contributed by atoms with E-state index in [2.05, 4.69) is 18.2 Å². The fraction of sp³-hybridized carbons (Fsp3) is 0.417. The molecular formula is C12H14OS. The van der Waals surface area contributed by atoms with Gasteiger partial charge in [0.1, 0.15) is 6.29 Å². The zero-order chi connectivity index (χ0) is 9.97. The van der Waals surface area contributed by atoms with Gasteiger partial charge < -0.3 is 4.79 Å². The lowest BCUT2D eigenvalue weighted by Gasteiger charge is -2.06. The molecule has 74 valence electrons. The van der Waals surface area contributed by atoms with Crippen molar-refractivity contribution in [3.63, 3.8) is 0 Å². The predicted molar refractivity (Wildman–Crippen MR) is 59.9 cm³/mol. The summed E-state index contributed by atoms with van der Waals surface area (Å²) in [6.45, 7) is 1.94. The number of carbonyl (C=O) groups is 1. The van der Waals surface area contributed by atoms with Crippen LogP contribution in [0.25, 0.3) is 0 Å². The van der Waals surface area contributed by atoms with Crippen molar-refractivity contribution >= 4 is 18.0 Å². The molecule has 1 aromatic rings. The maximum absolute atomic E-state index is 10.5. The van der Waals surface area contributed by atoms with E-state index in [1.807, 2.05) is 6.92 Å². The summed E-state index contributed by atoms with van der Waals surface area (Å²) < 4.78 is 0. The summed E-state index contributed by atoms with van der Waals surface area (Å²) >= 11 is 1.64. The maximum atomic E-state index is 10.5. The first-order valence-corrected chi connectivity index (χ1v) is 5.91. The van der Waals surface area contributed by atoms with Crippen molar-refractivity contribution in [2.75, 3.05) is 0 Å². The van der Waals surface area contributed by atoms with Gasteiger partial charge in [0.25, 0.3) is 0 Å². The van der Waals surface area contributed by atoms with E-state index in [0.29, 0.717) is 0 Å². The van der Waals surface area contributed by atoms with Crippen LogP contribution in [0.5, 0.6) is 0 Å². The summed E-state index contributed by atoms with van der Waals surface area (Å²) in [5.74, 6) is 0. The summed E-state index contributed by atoms with van der Waals surface area (Å²) in [6, 6.07) is 6.59. The van der Waals surface area contributed by atoms with E-state index in [9.17, 15) is 4.79 Å². The summed E-state index contributed by atoms with van der Waals surface area (Å²) in [4.78, 5) is 11.7. The van der Waals surface area contributed by atoms with E-state index in [1.165, 1.54) is 35.3 Å². The minimum atomic E-state index is 0.0643. The average Bonchev–Trinajstić information content (AvgIpc) is 2.64. The Hall–Kier alpha value is -0.760. The Labute approximate surface area is 88.9 Å². The molecule has 0 saturated carbocycles. The molecule has 0 bridgehead atoms. The predicted octanol–water partition coefficient (Wildman–Crippen LogP) is 2.85. The van der Waals surface area contributed by atoms with Crippen molar-refractivity contribution in [2.24, 2.45) is 0 Å².